The van der Waals surface area contributed by atoms with E-state index in [0.29, 0.717) is 33.5 Å². The number of hydrogen-bond donors (Lipinski definition) is 1. The molecule has 2 heterocycles. The SMILES string of the molecule is COc1cc(OC)c(NC(=O)c2cc(-c3ccncc3)nc3ccccc23)cc1Cl. The van der Waals surface area contributed by atoms with E-state index in [4.69, 9.17) is 26.1 Å². The summed E-state index contributed by atoms with van der Waals surface area (Å²) in [6.07, 6.45) is 3.38. The number of amides is 1. The van der Waals surface area contributed by atoms with E-state index in [1.165, 1.54) is 14.2 Å². The van der Waals surface area contributed by atoms with Gasteiger partial charge in [-0.3, -0.25) is 9.78 Å². The molecule has 0 fully saturated rings. The first-order chi connectivity index (χ1) is 14.6. The largest absolute Gasteiger partial charge is 0.495 e. The number of nitrogens with zero attached hydrogens (tertiary/aromatic N) is 2. The van der Waals surface area contributed by atoms with Crippen LogP contribution in [0.25, 0.3) is 22.2 Å². The molecule has 0 saturated heterocycles. The van der Waals surface area contributed by atoms with Gasteiger partial charge in [0, 0.05) is 29.4 Å². The van der Waals surface area contributed by atoms with Crippen LogP contribution in [0.3, 0.4) is 0 Å². The number of carbonyl (C=O) groups excluding carboxylic acids is 1. The van der Waals surface area contributed by atoms with E-state index in [-0.39, 0.29) is 5.91 Å². The number of methoxy groups -OCH3 is 2. The Balaban J connectivity index is 1.79. The van der Waals surface area contributed by atoms with Crippen LogP contribution in [0.4, 0.5) is 5.69 Å². The molecule has 0 radical (unpaired) electrons. The van der Waals surface area contributed by atoms with Crippen LogP contribution in [0.15, 0.2) is 67.0 Å². The van der Waals surface area contributed by atoms with Crippen molar-refractivity contribution in [2.75, 3.05) is 19.5 Å². The minimum atomic E-state index is -0.302. The molecule has 0 aliphatic carbocycles. The number of aromatic nitrogens is 2. The summed E-state index contributed by atoms with van der Waals surface area (Å²) in [5.74, 6) is 0.599. The Morgan fingerprint density at radius 2 is 1.70 bits per heavy atom. The fourth-order valence-electron chi connectivity index (χ4n) is 3.18. The average molecular weight is 420 g/mol. The minimum Gasteiger partial charge on any atom is -0.495 e. The Morgan fingerprint density at radius 3 is 2.43 bits per heavy atom. The van der Waals surface area contributed by atoms with Gasteiger partial charge < -0.3 is 14.8 Å². The molecule has 0 spiro atoms. The molecular weight excluding hydrogens is 402 g/mol. The Morgan fingerprint density at radius 1 is 0.967 bits per heavy atom. The van der Waals surface area contributed by atoms with Crippen LogP contribution in [0.5, 0.6) is 11.5 Å². The highest BCUT2D eigenvalue weighted by Gasteiger charge is 2.17. The first kappa shape index (κ1) is 19.7. The highest BCUT2D eigenvalue weighted by atomic mass is 35.5. The lowest BCUT2D eigenvalue weighted by atomic mass is 10.0. The van der Waals surface area contributed by atoms with Crippen molar-refractivity contribution in [2.45, 2.75) is 0 Å². The highest BCUT2D eigenvalue weighted by Crippen LogP contribution is 2.36. The van der Waals surface area contributed by atoms with Crippen molar-refractivity contribution in [3.8, 4) is 22.8 Å². The maximum Gasteiger partial charge on any atom is 0.256 e. The van der Waals surface area contributed by atoms with Gasteiger partial charge in [-0.25, -0.2) is 4.98 Å². The molecule has 30 heavy (non-hydrogen) atoms. The van der Waals surface area contributed by atoms with E-state index in [2.05, 4.69) is 10.3 Å². The summed E-state index contributed by atoms with van der Waals surface area (Å²) in [5, 5.41) is 4.01. The van der Waals surface area contributed by atoms with E-state index in [9.17, 15) is 4.79 Å². The van der Waals surface area contributed by atoms with Crippen molar-refractivity contribution in [1.82, 2.24) is 9.97 Å². The van der Waals surface area contributed by atoms with Crippen molar-refractivity contribution in [2.24, 2.45) is 0 Å². The molecule has 0 aliphatic heterocycles. The monoisotopic (exact) mass is 419 g/mol. The molecule has 0 unspecified atom stereocenters. The van der Waals surface area contributed by atoms with Gasteiger partial charge in [0.15, 0.2) is 0 Å². The second-order valence-electron chi connectivity index (χ2n) is 6.45. The predicted octanol–water partition coefficient (Wildman–Crippen LogP) is 5.22. The van der Waals surface area contributed by atoms with Gasteiger partial charge in [0.1, 0.15) is 11.5 Å². The molecule has 1 N–H and O–H groups in total. The lowest BCUT2D eigenvalue weighted by Crippen LogP contribution is -2.14. The maximum atomic E-state index is 13.3. The summed E-state index contributed by atoms with van der Waals surface area (Å²) in [4.78, 5) is 22.0. The number of carbonyl (C=O) groups is 1. The molecular formula is C23H18ClN3O3. The van der Waals surface area contributed by atoms with Crippen molar-refractivity contribution < 1.29 is 14.3 Å². The first-order valence-corrected chi connectivity index (χ1v) is 9.51. The van der Waals surface area contributed by atoms with Crippen molar-refractivity contribution >= 4 is 34.1 Å². The number of benzene rings is 2. The van der Waals surface area contributed by atoms with Gasteiger partial charge in [0.2, 0.25) is 0 Å². The Hall–Kier alpha value is -3.64. The summed E-state index contributed by atoms with van der Waals surface area (Å²) in [7, 11) is 3.03. The number of hydrogen-bond acceptors (Lipinski definition) is 5. The summed E-state index contributed by atoms with van der Waals surface area (Å²) in [6.45, 7) is 0. The third kappa shape index (κ3) is 3.77. The molecule has 6 nitrogen and oxygen atoms in total. The topological polar surface area (TPSA) is 73.3 Å². The fraction of sp³-hybridized carbons (Fsp3) is 0.0870. The normalized spacial score (nSPS) is 10.6. The van der Waals surface area contributed by atoms with E-state index in [1.807, 2.05) is 36.4 Å². The fourth-order valence-corrected chi connectivity index (χ4v) is 3.42. The summed E-state index contributed by atoms with van der Waals surface area (Å²) < 4.78 is 10.6. The van der Waals surface area contributed by atoms with Crippen LogP contribution < -0.4 is 14.8 Å². The van der Waals surface area contributed by atoms with Crippen LogP contribution in [0, 0.1) is 0 Å². The van der Waals surface area contributed by atoms with Crippen LogP contribution in [-0.4, -0.2) is 30.1 Å². The number of para-hydroxylation sites is 1. The molecule has 0 saturated carbocycles. The van der Waals surface area contributed by atoms with Gasteiger partial charge in [0.05, 0.1) is 41.7 Å². The smallest absolute Gasteiger partial charge is 0.256 e. The van der Waals surface area contributed by atoms with Gasteiger partial charge in [0.25, 0.3) is 5.91 Å². The molecule has 7 heteroatoms. The number of pyridine rings is 2. The molecule has 2 aromatic heterocycles. The zero-order valence-electron chi connectivity index (χ0n) is 16.3. The first-order valence-electron chi connectivity index (χ1n) is 9.13. The highest BCUT2D eigenvalue weighted by molar-refractivity contribution is 6.32. The van der Waals surface area contributed by atoms with E-state index in [1.54, 1.807) is 30.6 Å². The second kappa shape index (κ2) is 8.39. The predicted molar refractivity (Wildman–Crippen MR) is 117 cm³/mol. The lowest BCUT2D eigenvalue weighted by Gasteiger charge is -2.14. The lowest BCUT2D eigenvalue weighted by molar-refractivity contribution is 0.102. The number of fused-ring (bicyclic) bond motifs is 1. The molecule has 1 amide bonds. The zero-order valence-corrected chi connectivity index (χ0v) is 17.1. The number of nitrogens with one attached hydrogen (secondary N) is 1. The van der Waals surface area contributed by atoms with Crippen molar-refractivity contribution in [3.63, 3.8) is 0 Å². The van der Waals surface area contributed by atoms with E-state index < -0.39 is 0 Å². The maximum absolute atomic E-state index is 13.3. The third-order valence-corrected chi connectivity index (χ3v) is 4.95. The molecule has 0 aliphatic rings. The van der Waals surface area contributed by atoms with Crippen LogP contribution in [-0.2, 0) is 0 Å². The Labute approximate surface area is 178 Å². The standard InChI is InChI=1S/C23H18ClN3O3/c1-29-21-13-22(30-2)20(12-17(21)24)27-23(28)16-11-19(14-7-9-25-10-8-14)26-18-6-4-3-5-15(16)18/h3-13H,1-2H3,(H,27,28). The van der Waals surface area contributed by atoms with E-state index >= 15 is 0 Å². The molecule has 4 rings (SSSR count). The van der Waals surface area contributed by atoms with E-state index in [0.717, 1.165) is 16.5 Å². The van der Waals surface area contributed by atoms with Gasteiger partial charge in [-0.15, -0.1) is 0 Å². The molecule has 4 aromatic rings. The van der Waals surface area contributed by atoms with Gasteiger partial charge in [-0.1, -0.05) is 29.8 Å². The van der Waals surface area contributed by atoms with Gasteiger partial charge >= 0.3 is 0 Å². The van der Waals surface area contributed by atoms with Gasteiger partial charge in [-0.2, -0.15) is 0 Å². The summed E-state index contributed by atoms with van der Waals surface area (Å²) in [5.41, 5.74) is 3.20. The molecule has 2 aromatic carbocycles. The summed E-state index contributed by atoms with van der Waals surface area (Å²) >= 11 is 6.24. The molecule has 0 atom stereocenters. The average Bonchev–Trinajstić information content (AvgIpc) is 2.79. The van der Waals surface area contributed by atoms with Gasteiger partial charge in [-0.05, 0) is 30.3 Å². The quantitative estimate of drug-likeness (QED) is 0.480. The number of halogens is 1. The number of anilines is 1. The van der Waals surface area contributed by atoms with Crippen LogP contribution >= 0.6 is 11.6 Å². The number of rotatable bonds is 5. The van der Waals surface area contributed by atoms with Crippen molar-refractivity contribution in [1.29, 1.82) is 0 Å². The molecule has 0 bridgehead atoms. The van der Waals surface area contributed by atoms with Crippen molar-refractivity contribution in [3.05, 3.63) is 77.6 Å². The second-order valence-corrected chi connectivity index (χ2v) is 6.86. The Bertz CT molecular complexity index is 1230. The Kier molecular flexibility index (Phi) is 5.50. The van der Waals surface area contributed by atoms with Crippen LogP contribution in [0.1, 0.15) is 10.4 Å². The number of ether oxygens (including phenoxy) is 2. The van der Waals surface area contributed by atoms with Crippen LogP contribution in [0.2, 0.25) is 5.02 Å². The minimum absolute atomic E-state index is 0.302. The zero-order chi connectivity index (χ0) is 21.1. The summed E-state index contributed by atoms with van der Waals surface area (Å²) in [6, 6.07) is 16.2. The molecule has 150 valence electrons. The third-order valence-electron chi connectivity index (χ3n) is 4.66.